The molecule has 0 aliphatic heterocycles. The Bertz CT molecular complexity index is 677. The first-order chi connectivity index (χ1) is 9.58. The van der Waals surface area contributed by atoms with Crippen molar-refractivity contribution in [1.29, 1.82) is 5.26 Å². The van der Waals surface area contributed by atoms with Crippen molar-refractivity contribution < 1.29 is 9.90 Å². The van der Waals surface area contributed by atoms with Gasteiger partial charge in [0.15, 0.2) is 0 Å². The van der Waals surface area contributed by atoms with Crippen molar-refractivity contribution in [3.05, 3.63) is 57.2 Å². The van der Waals surface area contributed by atoms with Crippen LogP contribution in [0.25, 0.3) is 0 Å². The van der Waals surface area contributed by atoms with E-state index in [1.807, 2.05) is 30.3 Å². The molecule has 0 saturated heterocycles. The molecule has 2 rings (SSSR count). The first-order valence-electron chi connectivity index (χ1n) is 5.77. The van der Waals surface area contributed by atoms with Gasteiger partial charge in [-0.05, 0) is 70.6 Å². The molecular weight excluding hydrogens is 385 g/mol. The monoisotopic (exact) mass is 395 g/mol. The first kappa shape index (κ1) is 14.9. The van der Waals surface area contributed by atoms with Crippen molar-refractivity contribution in [2.45, 2.75) is 16.2 Å². The van der Waals surface area contributed by atoms with Crippen LogP contribution in [0.3, 0.4) is 0 Å². The van der Waals surface area contributed by atoms with Crippen LogP contribution >= 0.6 is 34.4 Å². The van der Waals surface area contributed by atoms with E-state index in [0.717, 1.165) is 18.9 Å². The molecule has 0 spiro atoms. The van der Waals surface area contributed by atoms with Crippen molar-refractivity contribution in [3.63, 3.8) is 0 Å². The number of hydrogen-bond acceptors (Lipinski definition) is 3. The summed E-state index contributed by atoms with van der Waals surface area (Å²) in [5.41, 5.74) is 1.42. The van der Waals surface area contributed by atoms with Gasteiger partial charge in [0.05, 0.1) is 18.1 Å². The average Bonchev–Trinajstić information content (AvgIpc) is 2.42. The van der Waals surface area contributed by atoms with Crippen molar-refractivity contribution in [1.82, 2.24) is 0 Å². The van der Waals surface area contributed by atoms with Crippen LogP contribution in [0.2, 0.25) is 0 Å². The Labute approximate surface area is 134 Å². The fourth-order valence-corrected chi connectivity index (χ4v) is 3.15. The highest BCUT2D eigenvalue weighted by atomic mass is 127. The molecule has 5 heteroatoms. The summed E-state index contributed by atoms with van der Waals surface area (Å²) in [4.78, 5) is 12.8. The lowest BCUT2D eigenvalue weighted by Gasteiger charge is -2.08. The summed E-state index contributed by atoms with van der Waals surface area (Å²) in [6.07, 6.45) is 0.00938. The Kier molecular flexibility index (Phi) is 5.04. The van der Waals surface area contributed by atoms with E-state index in [-0.39, 0.29) is 6.42 Å². The maximum atomic E-state index is 10.9. The Balaban J connectivity index is 2.27. The number of carboxylic acid groups (broad SMARTS) is 1. The van der Waals surface area contributed by atoms with Gasteiger partial charge >= 0.3 is 5.97 Å². The minimum atomic E-state index is -0.839. The van der Waals surface area contributed by atoms with Crippen LogP contribution in [-0.4, -0.2) is 11.1 Å². The second kappa shape index (κ2) is 6.77. The summed E-state index contributed by atoms with van der Waals surface area (Å²) in [6, 6.07) is 15.1. The third-order valence-corrected chi connectivity index (χ3v) is 4.37. The van der Waals surface area contributed by atoms with Gasteiger partial charge in [-0.25, -0.2) is 0 Å². The lowest BCUT2D eigenvalue weighted by atomic mass is 10.1. The maximum Gasteiger partial charge on any atom is 0.307 e. The summed E-state index contributed by atoms with van der Waals surface area (Å²) in [6.45, 7) is 0. The quantitative estimate of drug-likeness (QED) is 0.797. The van der Waals surface area contributed by atoms with Crippen LogP contribution < -0.4 is 0 Å². The number of benzene rings is 2. The SMILES string of the molecule is N#Cc1ccc(Sc2ccc(I)cc2CC(=O)O)cc1. The fraction of sp³-hybridized carbons (Fsp3) is 0.0667. The minimum absolute atomic E-state index is 0.00938. The minimum Gasteiger partial charge on any atom is -0.481 e. The van der Waals surface area contributed by atoms with Gasteiger partial charge in [0.1, 0.15) is 0 Å². The molecule has 0 aromatic heterocycles. The summed E-state index contributed by atoms with van der Waals surface area (Å²) in [7, 11) is 0. The Morgan fingerprint density at radius 2 is 1.95 bits per heavy atom. The van der Waals surface area contributed by atoms with Crippen molar-refractivity contribution >= 4 is 40.3 Å². The number of carboxylic acids is 1. The molecule has 0 saturated carbocycles. The van der Waals surface area contributed by atoms with Crippen LogP contribution in [0.4, 0.5) is 0 Å². The zero-order valence-corrected chi connectivity index (χ0v) is 13.3. The molecule has 0 atom stereocenters. The average molecular weight is 395 g/mol. The molecule has 0 bridgehead atoms. The molecule has 20 heavy (non-hydrogen) atoms. The van der Waals surface area contributed by atoms with Gasteiger partial charge in [0, 0.05) is 13.4 Å². The van der Waals surface area contributed by atoms with Gasteiger partial charge in [-0.2, -0.15) is 5.26 Å². The Morgan fingerprint density at radius 3 is 2.55 bits per heavy atom. The highest BCUT2D eigenvalue weighted by Gasteiger charge is 2.09. The molecule has 0 aliphatic carbocycles. The van der Waals surface area contributed by atoms with E-state index in [1.165, 1.54) is 11.8 Å². The number of nitriles is 1. The summed E-state index contributed by atoms with van der Waals surface area (Å²) in [5, 5.41) is 17.7. The van der Waals surface area contributed by atoms with E-state index < -0.39 is 5.97 Å². The fourth-order valence-electron chi connectivity index (χ4n) is 1.67. The molecule has 2 aromatic carbocycles. The van der Waals surface area contributed by atoms with E-state index in [9.17, 15) is 4.79 Å². The van der Waals surface area contributed by atoms with Gasteiger partial charge in [-0.3, -0.25) is 4.79 Å². The molecule has 3 nitrogen and oxygen atoms in total. The first-order valence-corrected chi connectivity index (χ1v) is 7.66. The largest absolute Gasteiger partial charge is 0.481 e. The van der Waals surface area contributed by atoms with Crippen LogP contribution in [0.15, 0.2) is 52.3 Å². The van der Waals surface area contributed by atoms with Crippen LogP contribution in [0.1, 0.15) is 11.1 Å². The summed E-state index contributed by atoms with van der Waals surface area (Å²) >= 11 is 3.68. The van der Waals surface area contributed by atoms with Gasteiger partial charge in [-0.15, -0.1) is 0 Å². The van der Waals surface area contributed by atoms with Gasteiger partial charge in [0.2, 0.25) is 0 Å². The maximum absolute atomic E-state index is 10.9. The second-order valence-corrected chi connectivity index (χ2v) is 6.42. The predicted octanol–water partition coefficient (Wildman–Crippen LogP) is 3.94. The standard InChI is InChI=1S/C15H10INO2S/c16-12-3-6-14(11(7-12)8-15(18)19)20-13-4-1-10(9-17)2-5-13/h1-7H,8H2,(H,18,19). The number of nitrogens with zero attached hydrogens (tertiary/aromatic N) is 1. The summed E-state index contributed by atoms with van der Waals surface area (Å²) in [5.74, 6) is -0.839. The van der Waals surface area contributed by atoms with Crippen LogP contribution in [0, 0.1) is 14.9 Å². The number of hydrogen-bond donors (Lipinski definition) is 1. The summed E-state index contributed by atoms with van der Waals surface area (Å²) < 4.78 is 1.02. The smallest absolute Gasteiger partial charge is 0.307 e. The van der Waals surface area contributed by atoms with Crippen molar-refractivity contribution in [2.75, 3.05) is 0 Å². The zero-order chi connectivity index (χ0) is 14.5. The van der Waals surface area contributed by atoms with Crippen molar-refractivity contribution in [2.24, 2.45) is 0 Å². The molecular formula is C15H10INO2S. The van der Waals surface area contributed by atoms with E-state index in [1.54, 1.807) is 12.1 Å². The third-order valence-electron chi connectivity index (χ3n) is 2.58. The number of halogens is 1. The third kappa shape index (κ3) is 3.99. The van der Waals surface area contributed by atoms with Crippen molar-refractivity contribution in [3.8, 4) is 6.07 Å². The van der Waals surface area contributed by atoms with Crippen LogP contribution in [-0.2, 0) is 11.2 Å². The molecule has 0 unspecified atom stereocenters. The molecule has 0 amide bonds. The lowest BCUT2D eigenvalue weighted by Crippen LogP contribution is -2.01. The number of rotatable bonds is 4. The molecule has 100 valence electrons. The molecule has 0 fully saturated rings. The Hall–Kier alpha value is -1.52. The highest BCUT2D eigenvalue weighted by Crippen LogP contribution is 2.31. The topological polar surface area (TPSA) is 61.1 Å². The van der Waals surface area contributed by atoms with Crippen LogP contribution in [0.5, 0.6) is 0 Å². The van der Waals surface area contributed by atoms with Gasteiger partial charge in [0.25, 0.3) is 0 Å². The molecule has 2 aromatic rings. The van der Waals surface area contributed by atoms with E-state index in [0.29, 0.717) is 5.56 Å². The zero-order valence-electron chi connectivity index (χ0n) is 10.3. The van der Waals surface area contributed by atoms with E-state index >= 15 is 0 Å². The highest BCUT2D eigenvalue weighted by molar-refractivity contribution is 14.1. The molecule has 0 radical (unpaired) electrons. The normalized spacial score (nSPS) is 10.0. The molecule has 1 N–H and O–H groups in total. The lowest BCUT2D eigenvalue weighted by molar-refractivity contribution is -0.136. The van der Waals surface area contributed by atoms with Gasteiger partial charge in [-0.1, -0.05) is 11.8 Å². The van der Waals surface area contributed by atoms with Gasteiger partial charge < -0.3 is 5.11 Å². The van der Waals surface area contributed by atoms with E-state index in [2.05, 4.69) is 28.7 Å². The molecule has 0 aliphatic rings. The molecule has 0 heterocycles. The predicted molar refractivity (Wildman–Crippen MR) is 85.8 cm³/mol. The Morgan fingerprint density at radius 1 is 1.25 bits per heavy atom. The second-order valence-electron chi connectivity index (χ2n) is 4.06. The number of aliphatic carboxylic acids is 1. The van der Waals surface area contributed by atoms with E-state index in [4.69, 9.17) is 10.4 Å². The number of carbonyl (C=O) groups is 1.